The third-order valence-corrected chi connectivity index (χ3v) is 16.8. The summed E-state index contributed by atoms with van der Waals surface area (Å²) >= 11 is 0. The van der Waals surface area contributed by atoms with Gasteiger partial charge in [-0.2, -0.15) is 0 Å². The standard InChI is InChI=1S/C77H54N2/c1-77(2)73-31-16-15-29-66(73)67-43-38-58(48-74(67)77)53-32-34-55(35-33-53)75-69-44-41-64(79(60-26-7-4-8-27-60)62-40-37-52-19-10-12-22-57(52)47-62)50-72(69)76(68-30-17-23-54-20-13-14-28-65(54)68)70-45-42-63(49-71(70)75)78(59-24-5-3-6-25-59)61-39-36-51-18-9-11-21-56(51)46-61/h3-50H,1-2H3. The zero-order chi connectivity index (χ0) is 52.6. The van der Waals surface area contributed by atoms with E-state index < -0.39 is 0 Å². The second kappa shape index (κ2) is 18.6. The summed E-state index contributed by atoms with van der Waals surface area (Å²) in [5.41, 5.74) is 19.1. The molecule has 15 rings (SSSR count). The van der Waals surface area contributed by atoms with Crippen molar-refractivity contribution in [2.75, 3.05) is 9.80 Å². The average Bonchev–Trinajstić information content (AvgIpc) is 4.01. The Morgan fingerprint density at radius 2 is 0.671 bits per heavy atom. The predicted molar refractivity (Wildman–Crippen MR) is 337 cm³/mol. The van der Waals surface area contributed by atoms with Crippen LogP contribution in [0.1, 0.15) is 25.0 Å². The van der Waals surface area contributed by atoms with Gasteiger partial charge in [0, 0.05) is 39.5 Å². The van der Waals surface area contributed by atoms with Crippen LogP contribution in [0, 0.1) is 0 Å². The van der Waals surface area contributed by atoms with Crippen LogP contribution in [0.4, 0.5) is 34.1 Å². The molecule has 0 radical (unpaired) electrons. The number of fused-ring (bicyclic) bond motifs is 8. The number of rotatable bonds is 9. The van der Waals surface area contributed by atoms with Crippen molar-refractivity contribution in [3.63, 3.8) is 0 Å². The van der Waals surface area contributed by atoms with Crippen molar-refractivity contribution in [3.8, 4) is 44.5 Å². The van der Waals surface area contributed by atoms with E-state index >= 15 is 0 Å². The third kappa shape index (κ3) is 7.78. The van der Waals surface area contributed by atoms with Gasteiger partial charge in [0.1, 0.15) is 0 Å². The lowest BCUT2D eigenvalue weighted by molar-refractivity contribution is 0.660. The molecule has 0 heterocycles. The van der Waals surface area contributed by atoms with E-state index in [9.17, 15) is 0 Å². The molecule has 0 aromatic heterocycles. The van der Waals surface area contributed by atoms with Gasteiger partial charge >= 0.3 is 0 Å². The Bertz CT molecular complexity index is 4680. The number of hydrogen-bond acceptors (Lipinski definition) is 2. The molecular formula is C77H54N2. The molecule has 0 bridgehead atoms. The highest BCUT2D eigenvalue weighted by Crippen LogP contribution is 2.52. The molecule has 0 fully saturated rings. The van der Waals surface area contributed by atoms with E-state index in [0.717, 1.165) is 39.7 Å². The first-order valence-electron chi connectivity index (χ1n) is 27.5. The van der Waals surface area contributed by atoms with Crippen LogP contribution in [0.2, 0.25) is 0 Å². The van der Waals surface area contributed by atoms with Crippen LogP contribution in [0.3, 0.4) is 0 Å². The van der Waals surface area contributed by atoms with Gasteiger partial charge in [-0.05, 0) is 188 Å². The molecule has 0 aliphatic heterocycles. The molecule has 2 nitrogen and oxygen atoms in total. The Kier molecular flexibility index (Phi) is 10.9. The SMILES string of the molecule is CC1(C)c2ccccc2-c2ccc(-c3ccc(-c4c5cc(N(c6ccccc6)c6ccc7ccccc7c6)ccc5c(-c5cccc6ccccc56)c5cc(N(c6ccccc6)c6ccc7ccccc7c6)ccc45)cc3)cc21. The van der Waals surface area contributed by atoms with Crippen molar-refractivity contribution >= 4 is 88.0 Å². The fraction of sp³-hybridized carbons (Fsp3) is 0.0390. The summed E-state index contributed by atoms with van der Waals surface area (Å²) in [4.78, 5) is 4.83. The highest BCUT2D eigenvalue weighted by atomic mass is 15.1. The number of para-hydroxylation sites is 2. The normalized spacial score (nSPS) is 12.5. The lowest BCUT2D eigenvalue weighted by Crippen LogP contribution is -2.14. The minimum absolute atomic E-state index is 0.0903. The molecule has 14 aromatic carbocycles. The largest absolute Gasteiger partial charge is 0.310 e. The van der Waals surface area contributed by atoms with Gasteiger partial charge in [0.05, 0.1) is 0 Å². The zero-order valence-electron chi connectivity index (χ0n) is 44.1. The lowest BCUT2D eigenvalue weighted by Gasteiger charge is -2.28. The molecule has 0 N–H and O–H groups in total. The quantitative estimate of drug-likeness (QED) is 0.133. The van der Waals surface area contributed by atoms with Crippen LogP contribution in [0.25, 0.3) is 98.4 Å². The summed E-state index contributed by atoms with van der Waals surface area (Å²) in [7, 11) is 0. The van der Waals surface area contributed by atoms with Gasteiger partial charge in [0.2, 0.25) is 0 Å². The topological polar surface area (TPSA) is 6.48 Å². The maximum atomic E-state index is 2.45. The van der Waals surface area contributed by atoms with Gasteiger partial charge < -0.3 is 9.80 Å². The zero-order valence-corrected chi connectivity index (χ0v) is 44.1. The molecule has 1 aliphatic rings. The van der Waals surface area contributed by atoms with Crippen LogP contribution in [0.15, 0.2) is 291 Å². The molecule has 1 aliphatic carbocycles. The third-order valence-electron chi connectivity index (χ3n) is 16.8. The van der Waals surface area contributed by atoms with Crippen LogP contribution in [-0.2, 0) is 5.41 Å². The van der Waals surface area contributed by atoms with Crippen molar-refractivity contribution < 1.29 is 0 Å². The second-order valence-corrected chi connectivity index (χ2v) is 21.6. The van der Waals surface area contributed by atoms with Crippen molar-refractivity contribution in [2.24, 2.45) is 0 Å². The number of benzene rings is 14. The smallest absolute Gasteiger partial charge is 0.0468 e. The van der Waals surface area contributed by atoms with Crippen LogP contribution >= 0.6 is 0 Å². The summed E-state index contributed by atoms with van der Waals surface area (Å²) in [5.74, 6) is 0. The molecule has 0 unspecified atom stereocenters. The lowest BCUT2D eigenvalue weighted by atomic mass is 9.81. The van der Waals surface area contributed by atoms with Crippen LogP contribution in [-0.4, -0.2) is 0 Å². The molecule has 372 valence electrons. The van der Waals surface area contributed by atoms with E-state index in [1.54, 1.807) is 0 Å². The summed E-state index contributed by atoms with van der Waals surface area (Å²) in [6.07, 6.45) is 0. The number of anilines is 6. The first-order valence-corrected chi connectivity index (χ1v) is 27.5. The Morgan fingerprint density at radius 1 is 0.228 bits per heavy atom. The maximum absolute atomic E-state index is 2.45. The second-order valence-electron chi connectivity index (χ2n) is 21.6. The maximum Gasteiger partial charge on any atom is 0.0468 e. The van der Waals surface area contributed by atoms with Crippen molar-refractivity contribution in [3.05, 3.63) is 302 Å². The molecule has 0 spiro atoms. The van der Waals surface area contributed by atoms with Gasteiger partial charge in [0.25, 0.3) is 0 Å². The average molecular weight is 1010 g/mol. The predicted octanol–water partition coefficient (Wildman–Crippen LogP) is 21.7. The molecule has 0 saturated carbocycles. The summed E-state index contributed by atoms with van der Waals surface area (Å²) < 4.78 is 0. The van der Waals surface area contributed by atoms with Crippen LogP contribution < -0.4 is 9.80 Å². The molecular weight excluding hydrogens is 953 g/mol. The molecule has 0 amide bonds. The van der Waals surface area contributed by atoms with E-state index in [1.165, 1.54) is 104 Å². The van der Waals surface area contributed by atoms with Crippen molar-refractivity contribution in [1.82, 2.24) is 0 Å². The van der Waals surface area contributed by atoms with Crippen LogP contribution in [0.5, 0.6) is 0 Å². The van der Waals surface area contributed by atoms with Gasteiger partial charge in [-0.3, -0.25) is 0 Å². The Morgan fingerprint density at radius 3 is 1.30 bits per heavy atom. The number of hydrogen-bond donors (Lipinski definition) is 0. The Balaban J connectivity index is 1.00. The highest BCUT2D eigenvalue weighted by Gasteiger charge is 2.35. The molecule has 2 heteroatoms. The van der Waals surface area contributed by atoms with E-state index in [4.69, 9.17) is 0 Å². The fourth-order valence-electron chi connectivity index (χ4n) is 12.9. The van der Waals surface area contributed by atoms with Crippen molar-refractivity contribution in [1.29, 1.82) is 0 Å². The van der Waals surface area contributed by atoms with E-state index in [0.29, 0.717) is 0 Å². The monoisotopic (exact) mass is 1010 g/mol. The first kappa shape index (κ1) is 46.3. The minimum Gasteiger partial charge on any atom is -0.310 e. The molecule has 79 heavy (non-hydrogen) atoms. The molecule has 14 aromatic rings. The summed E-state index contributed by atoms with van der Waals surface area (Å²) in [6.45, 7) is 4.73. The van der Waals surface area contributed by atoms with E-state index in [1.807, 2.05) is 0 Å². The number of nitrogens with zero attached hydrogens (tertiary/aromatic N) is 2. The fourth-order valence-corrected chi connectivity index (χ4v) is 12.9. The highest BCUT2D eigenvalue weighted by molar-refractivity contribution is 6.25. The first-order chi connectivity index (χ1) is 38.9. The molecule has 0 atom stereocenters. The molecule has 0 saturated heterocycles. The minimum atomic E-state index is -0.0903. The van der Waals surface area contributed by atoms with E-state index in [-0.39, 0.29) is 5.41 Å². The van der Waals surface area contributed by atoms with Crippen molar-refractivity contribution in [2.45, 2.75) is 19.3 Å². The van der Waals surface area contributed by atoms with E-state index in [2.05, 4.69) is 315 Å². The Labute approximate surface area is 461 Å². The van der Waals surface area contributed by atoms with Gasteiger partial charge in [-0.15, -0.1) is 0 Å². The van der Waals surface area contributed by atoms with Gasteiger partial charge in [-0.1, -0.05) is 226 Å². The summed E-state index contributed by atoms with van der Waals surface area (Å²) in [5, 5.41) is 12.0. The Hall–Kier alpha value is -10.0. The summed E-state index contributed by atoms with van der Waals surface area (Å²) in [6, 6.07) is 108. The van der Waals surface area contributed by atoms with Gasteiger partial charge in [0.15, 0.2) is 0 Å². The van der Waals surface area contributed by atoms with Gasteiger partial charge in [-0.25, -0.2) is 0 Å².